The van der Waals surface area contributed by atoms with Crippen molar-refractivity contribution in [3.05, 3.63) is 33.4 Å². The summed E-state index contributed by atoms with van der Waals surface area (Å²) in [5.74, 6) is -0.182. The highest BCUT2D eigenvalue weighted by atomic mass is 127. The summed E-state index contributed by atoms with van der Waals surface area (Å²) in [4.78, 5) is 18.7. The van der Waals surface area contributed by atoms with Crippen LogP contribution < -0.4 is 0 Å². The van der Waals surface area contributed by atoms with E-state index in [2.05, 4.69) is 74.7 Å². The summed E-state index contributed by atoms with van der Waals surface area (Å²) < 4.78 is 13.1. The fourth-order valence-electron chi connectivity index (χ4n) is 3.47. The Morgan fingerprint density at radius 3 is 2.63 bits per heavy atom. The van der Waals surface area contributed by atoms with E-state index in [1.807, 2.05) is 18.1 Å². The van der Waals surface area contributed by atoms with E-state index in [0.717, 1.165) is 5.56 Å². The van der Waals surface area contributed by atoms with Gasteiger partial charge in [0, 0.05) is 3.57 Å². The predicted molar refractivity (Wildman–Crippen MR) is 116 cm³/mol. The lowest BCUT2D eigenvalue weighted by atomic mass is 9.93. The zero-order chi connectivity index (χ0) is 20.0. The third-order valence-electron chi connectivity index (χ3n) is 6.10. The second kappa shape index (κ2) is 7.74. The molecule has 7 heteroatoms. The zero-order valence-corrected chi connectivity index (χ0v) is 20.1. The van der Waals surface area contributed by atoms with Crippen molar-refractivity contribution >= 4 is 36.9 Å². The lowest BCUT2D eigenvalue weighted by molar-refractivity contribution is -0.194. The number of benzene rings is 1. The molecule has 0 bridgehead atoms. The Kier molecular flexibility index (Phi) is 6.09. The smallest absolute Gasteiger partial charge is 0.326 e. The number of nitrogens with zero attached hydrogens (tertiary/aromatic N) is 1. The minimum Gasteiger partial charge on any atom is -0.461 e. The maximum Gasteiger partial charge on any atom is 0.326 e. The number of carbonyl (C=O) groups is 1. The number of fused-ring (bicyclic) bond motifs is 1. The van der Waals surface area contributed by atoms with Crippen LogP contribution in [-0.2, 0) is 25.3 Å². The van der Waals surface area contributed by atoms with Gasteiger partial charge in [-0.05, 0) is 65.3 Å². The first-order chi connectivity index (χ1) is 12.5. The number of halogens is 1. The first-order valence-electron chi connectivity index (χ1n) is 9.52. The molecule has 0 radical (unpaired) electrons. The Bertz CT molecular complexity index is 705. The average Bonchev–Trinajstić information content (AvgIpc) is 3.04. The van der Waals surface area contributed by atoms with Gasteiger partial charge in [0.25, 0.3) is 0 Å². The average molecular weight is 503 g/mol. The number of rotatable bonds is 5. The van der Waals surface area contributed by atoms with Crippen LogP contribution in [0.25, 0.3) is 0 Å². The summed E-state index contributed by atoms with van der Waals surface area (Å²) >= 11 is 2.30. The SMILES string of the molecule is C[C@@H]1OC(=O)[C@@H]2[C@H]1[C@H](CO[Si](C)(C)C(C)(C)C)ON2Cc1cccc(I)c1. The number of hydrogen-bond acceptors (Lipinski definition) is 5. The monoisotopic (exact) mass is 503 g/mol. The van der Waals surface area contributed by atoms with Crippen molar-refractivity contribution < 1.29 is 18.8 Å². The second-order valence-electron chi connectivity index (χ2n) is 9.08. The molecule has 0 amide bonds. The number of carbonyl (C=O) groups excluding carboxylic acids is 1. The Hall–Kier alpha value is -0.483. The van der Waals surface area contributed by atoms with Gasteiger partial charge in [-0.3, -0.25) is 9.63 Å². The molecule has 27 heavy (non-hydrogen) atoms. The molecule has 4 atom stereocenters. The van der Waals surface area contributed by atoms with Gasteiger partial charge in [-0.15, -0.1) is 0 Å². The molecule has 3 rings (SSSR count). The highest BCUT2D eigenvalue weighted by Gasteiger charge is 2.56. The number of hydrogen-bond donors (Lipinski definition) is 0. The van der Waals surface area contributed by atoms with E-state index in [1.54, 1.807) is 0 Å². The van der Waals surface area contributed by atoms with E-state index in [1.165, 1.54) is 3.57 Å². The van der Waals surface area contributed by atoms with Gasteiger partial charge in [-0.25, -0.2) is 0 Å². The molecule has 2 heterocycles. The number of hydroxylamine groups is 2. The fourth-order valence-corrected chi connectivity index (χ4v) is 5.09. The molecule has 2 fully saturated rings. The standard InChI is InChI=1S/C20H30INO4Si/c1-13-17-16(12-24-27(5,6)20(2,3)4)26-22(18(17)19(23)25-13)11-14-8-7-9-15(21)10-14/h7-10,13,16-18H,11-12H2,1-6H3/t13-,16-,17+,18-/m0/s1. The van der Waals surface area contributed by atoms with Gasteiger partial charge in [-0.1, -0.05) is 32.9 Å². The van der Waals surface area contributed by atoms with Crippen molar-refractivity contribution in [2.75, 3.05) is 6.61 Å². The molecule has 0 aromatic heterocycles. The molecule has 0 unspecified atom stereocenters. The predicted octanol–water partition coefficient (Wildman–Crippen LogP) is 4.36. The van der Waals surface area contributed by atoms with E-state index in [-0.39, 0.29) is 35.2 Å². The topological polar surface area (TPSA) is 48.0 Å². The molecular formula is C20H30INO4Si. The molecule has 150 valence electrons. The normalized spacial score (nSPS) is 29.1. The largest absolute Gasteiger partial charge is 0.461 e. The van der Waals surface area contributed by atoms with E-state index < -0.39 is 8.32 Å². The van der Waals surface area contributed by atoms with E-state index >= 15 is 0 Å². The summed E-state index contributed by atoms with van der Waals surface area (Å²) in [6.45, 7) is 14.2. The van der Waals surface area contributed by atoms with Crippen molar-refractivity contribution in [3.8, 4) is 0 Å². The Morgan fingerprint density at radius 2 is 2.00 bits per heavy atom. The van der Waals surface area contributed by atoms with E-state index in [0.29, 0.717) is 13.2 Å². The van der Waals surface area contributed by atoms with E-state index in [9.17, 15) is 4.79 Å². The molecule has 2 aliphatic heterocycles. The lowest BCUT2D eigenvalue weighted by Gasteiger charge is -2.37. The van der Waals surface area contributed by atoms with Gasteiger partial charge in [0.15, 0.2) is 8.32 Å². The molecule has 0 aliphatic carbocycles. The van der Waals surface area contributed by atoms with Gasteiger partial charge in [0.1, 0.15) is 18.2 Å². The highest BCUT2D eigenvalue weighted by Crippen LogP contribution is 2.41. The van der Waals surface area contributed by atoms with Crippen LogP contribution in [0.15, 0.2) is 24.3 Å². The van der Waals surface area contributed by atoms with E-state index in [4.69, 9.17) is 14.0 Å². The maximum absolute atomic E-state index is 12.5. The summed E-state index contributed by atoms with van der Waals surface area (Å²) in [6, 6.07) is 7.90. The molecule has 2 saturated heterocycles. The molecule has 2 aliphatic rings. The van der Waals surface area contributed by atoms with Crippen LogP contribution in [0.3, 0.4) is 0 Å². The van der Waals surface area contributed by atoms with Crippen LogP contribution in [0.5, 0.6) is 0 Å². The Morgan fingerprint density at radius 1 is 1.30 bits per heavy atom. The lowest BCUT2D eigenvalue weighted by Crippen LogP contribution is -2.44. The molecule has 5 nitrogen and oxygen atoms in total. The molecule has 0 spiro atoms. The van der Waals surface area contributed by atoms with Crippen LogP contribution >= 0.6 is 22.6 Å². The Balaban J connectivity index is 1.75. The van der Waals surface area contributed by atoms with Crippen molar-refractivity contribution in [1.82, 2.24) is 5.06 Å². The van der Waals surface area contributed by atoms with Gasteiger partial charge >= 0.3 is 5.97 Å². The summed E-state index contributed by atoms with van der Waals surface area (Å²) in [5, 5.41) is 1.95. The minimum atomic E-state index is -1.88. The van der Waals surface area contributed by atoms with Crippen molar-refractivity contribution in [2.24, 2.45) is 5.92 Å². The summed E-state index contributed by atoms with van der Waals surface area (Å²) in [7, 11) is -1.88. The zero-order valence-electron chi connectivity index (χ0n) is 17.0. The molecule has 0 saturated carbocycles. The van der Waals surface area contributed by atoms with Crippen molar-refractivity contribution in [3.63, 3.8) is 0 Å². The van der Waals surface area contributed by atoms with Crippen LogP contribution in [0, 0.1) is 9.49 Å². The van der Waals surface area contributed by atoms with Gasteiger partial charge in [-0.2, -0.15) is 5.06 Å². The quantitative estimate of drug-likeness (QED) is 0.340. The first kappa shape index (κ1) is 21.2. The van der Waals surface area contributed by atoms with Crippen LogP contribution in [0.1, 0.15) is 33.3 Å². The molecule has 1 aromatic rings. The van der Waals surface area contributed by atoms with Crippen molar-refractivity contribution in [2.45, 2.75) is 70.6 Å². The van der Waals surface area contributed by atoms with Gasteiger partial charge < -0.3 is 9.16 Å². The second-order valence-corrected chi connectivity index (χ2v) is 15.1. The first-order valence-corrected chi connectivity index (χ1v) is 13.5. The summed E-state index contributed by atoms with van der Waals surface area (Å²) in [6.07, 6.45) is -0.315. The van der Waals surface area contributed by atoms with Crippen LogP contribution in [0.2, 0.25) is 18.1 Å². The molecule has 1 aromatic carbocycles. The number of esters is 1. The molecular weight excluding hydrogens is 473 g/mol. The minimum absolute atomic E-state index is 0.00468. The maximum atomic E-state index is 12.5. The molecule has 0 N–H and O–H groups in total. The third kappa shape index (κ3) is 4.42. The van der Waals surface area contributed by atoms with Crippen LogP contribution in [0.4, 0.5) is 0 Å². The van der Waals surface area contributed by atoms with Gasteiger partial charge in [0.05, 0.1) is 19.1 Å². The van der Waals surface area contributed by atoms with Crippen molar-refractivity contribution in [1.29, 1.82) is 0 Å². The number of ether oxygens (including phenoxy) is 1. The highest BCUT2D eigenvalue weighted by molar-refractivity contribution is 14.1. The Labute approximate surface area is 177 Å². The van der Waals surface area contributed by atoms with Gasteiger partial charge in [0.2, 0.25) is 0 Å². The third-order valence-corrected chi connectivity index (χ3v) is 11.3. The number of cyclic esters (lactones) is 1. The van der Waals surface area contributed by atoms with Crippen LogP contribution in [-0.4, -0.2) is 44.2 Å². The summed E-state index contributed by atoms with van der Waals surface area (Å²) in [5.41, 5.74) is 1.12. The fraction of sp³-hybridized carbons (Fsp3) is 0.650.